The van der Waals surface area contributed by atoms with E-state index in [1.54, 1.807) is 11.3 Å². The predicted octanol–water partition coefficient (Wildman–Crippen LogP) is 5.15. The number of nitrogens with one attached hydrogen (secondary N) is 1. The van der Waals surface area contributed by atoms with Gasteiger partial charge in [-0.15, -0.1) is 11.3 Å². The zero-order valence-corrected chi connectivity index (χ0v) is 13.3. The van der Waals surface area contributed by atoms with Crippen LogP contribution in [0.4, 0.5) is 0 Å². The summed E-state index contributed by atoms with van der Waals surface area (Å²) in [6.07, 6.45) is 1.94. The lowest BCUT2D eigenvalue weighted by molar-refractivity contribution is 1.29. The highest BCUT2D eigenvalue weighted by molar-refractivity contribution is 7.19. The second-order valence-electron chi connectivity index (χ2n) is 5.37. The van der Waals surface area contributed by atoms with Gasteiger partial charge in [-0.25, -0.2) is 4.98 Å². The van der Waals surface area contributed by atoms with E-state index >= 15 is 0 Å². The van der Waals surface area contributed by atoms with Crippen LogP contribution in [0.1, 0.15) is 16.3 Å². The highest BCUT2D eigenvalue weighted by Gasteiger charge is 2.11. The quantitative estimate of drug-likeness (QED) is 0.520. The van der Waals surface area contributed by atoms with E-state index in [1.807, 2.05) is 55.5 Å². The normalized spacial score (nSPS) is 11.9. The first-order valence-electron chi connectivity index (χ1n) is 7.31. The minimum absolute atomic E-state index is 0.596. The lowest BCUT2D eigenvalue weighted by atomic mass is 10.1. The van der Waals surface area contributed by atoms with Gasteiger partial charge in [-0.3, -0.25) is 0 Å². The van der Waals surface area contributed by atoms with E-state index in [2.05, 4.69) is 22.1 Å². The Labute approximate surface area is 137 Å². The second kappa shape index (κ2) is 5.38. The molecule has 4 heteroatoms. The summed E-state index contributed by atoms with van der Waals surface area (Å²) in [5, 5.41) is 11.5. The van der Waals surface area contributed by atoms with Gasteiger partial charge in [-0.05, 0) is 31.2 Å². The summed E-state index contributed by atoms with van der Waals surface area (Å²) in [4.78, 5) is 7.96. The SMILES string of the molecule is Cc1[nH]c2ccccc2c1/C=C(\C#N)c1nc2ccccc2s1. The van der Waals surface area contributed by atoms with Crippen LogP contribution in [-0.2, 0) is 0 Å². The Morgan fingerprint density at radius 3 is 2.78 bits per heavy atom. The van der Waals surface area contributed by atoms with Crippen LogP contribution in [0, 0.1) is 18.3 Å². The Bertz CT molecular complexity index is 1060. The maximum absolute atomic E-state index is 9.60. The summed E-state index contributed by atoms with van der Waals surface area (Å²) in [7, 11) is 0. The van der Waals surface area contributed by atoms with Crippen LogP contribution in [0.2, 0.25) is 0 Å². The molecular formula is C19H13N3S. The van der Waals surface area contributed by atoms with Gasteiger partial charge < -0.3 is 4.98 Å². The lowest BCUT2D eigenvalue weighted by Crippen LogP contribution is -1.82. The number of allylic oxidation sites excluding steroid dienone is 1. The third kappa shape index (κ3) is 2.32. The maximum Gasteiger partial charge on any atom is 0.135 e. The number of thiazole rings is 1. The second-order valence-corrected chi connectivity index (χ2v) is 6.40. The molecule has 0 radical (unpaired) electrons. The topological polar surface area (TPSA) is 52.5 Å². The molecule has 0 atom stereocenters. The number of aryl methyl sites for hydroxylation is 1. The molecule has 2 aromatic heterocycles. The minimum Gasteiger partial charge on any atom is -0.358 e. The molecule has 0 fully saturated rings. The summed E-state index contributed by atoms with van der Waals surface area (Å²) in [5.74, 6) is 0. The molecule has 0 spiro atoms. The van der Waals surface area contributed by atoms with Gasteiger partial charge in [0.05, 0.1) is 15.8 Å². The molecule has 4 rings (SSSR count). The van der Waals surface area contributed by atoms with Crippen molar-refractivity contribution in [1.29, 1.82) is 5.26 Å². The number of rotatable bonds is 2. The third-order valence-corrected chi connectivity index (χ3v) is 4.95. The minimum atomic E-state index is 0.596. The molecule has 1 N–H and O–H groups in total. The molecule has 0 aliphatic rings. The maximum atomic E-state index is 9.60. The number of para-hydroxylation sites is 2. The largest absolute Gasteiger partial charge is 0.358 e. The fourth-order valence-electron chi connectivity index (χ4n) is 2.76. The van der Waals surface area contributed by atoms with Crippen LogP contribution >= 0.6 is 11.3 Å². The molecule has 23 heavy (non-hydrogen) atoms. The summed E-state index contributed by atoms with van der Waals surface area (Å²) in [6, 6.07) is 18.4. The van der Waals surface area contributed by atoms with E-state index in [0.717, 1.165) is 37.4 Å². The average Bonchev–Trinajstić information content (AvgIpc) is 3.13. The van der Waals surface area contributed by atoms with Crippen molar-refractivity contribution in [3.05, 3.63) is 64.8 Å². The van der Waals surface area contributed by atoms with Gasteiger partial charge in [0, 0.05) is 22.2 Å². The number of nitrogens with zero attached hydrogens (tertiary/aromatic N) is 2. The fourth-order valence-corrected chi connectivity index (χ4v) is 3.69. The smallest absolute Gasteiger partial charge is 0.135 e. The van der Waals surface area contributed by atoms with Gasteiger partial charge in [0.1, 0.15) is 11.1 Å². The van der Waals surface area contributed by atoms with Crippen LogP contribution in [0.5, 0.6) is 0 Å². The first-order valence-corrected chi connectivity index (χ1v) is 8.13. The van der Waals surface area contributed by atoms with Crippen molar-refractivity contribution in [2.24, 2.45) is 0 Å². The summed E-state index contributed by atoms with van der Waals surface area (Å²) in [6.45, 7) is 2.03. The molecule has 4 aromatic rings. The summed E-state index contributed by atoms with van der Waals surface area (Å²) >= 11 is 1.55. The van der Waals surface area contributed by atoms with E-state index in [-0.39, 0.29) is 0 Å². The number of aromatic amines is 1. The van der Waals surface area contributed by atoms with E-state index in [1.165, 1.54) is 0 Å². The standard InChI is InChI=1S/C19H13N3S/c1-12-15(14-6-2-3-7-16(14)21-12)10-13(11-20)19-22-17-8-4-5-9-18(17)23-19/h2-10,21H,1H3/b13-10+. The molecule has 0 aliphatic heterocycles. The number of hydrogen-bond donors (Lipinski definition) is 1. The number of fused-ring (bicyclic) bond motifs is 2. The van der Waals surface area contributed by atoms with Crippen molar-refractivity contribution in [3.63, 3.8) is 0 Å². The van der Waals surface area contributed by atoms with Gasteiger partial charge in [0.25, 0.3) is 0 Å². The molecule has 2 aromatic carbocycles. The van der Waals surface area contributed by atoms with E-state index in [4.69, 9.17) is 0 Å². The van der Waals surface area contributed by atoms with Crippen LogP contribution in [0.3, 0.4) is 0 Å². The van der Waals surface area contributed by atoms with Gasteiger partial charge in [0.2, 0.25) is 0 Å². The highest BCUT2D eigenvalue weighted by atomic mass is 32.1. The van der Waals surface area contributed by atoms with Gasteiger partial charge >= 0.3 is 0 Å². The Hall–Kier alpha value is -2.90. The molecule has 3 nitrogen and oxygen atoms in total. The fraction of sp³-hybridized carbons (Fsp3) is 0.0526. The Kier molecular flexibility index (Phi) is 3.22. The number of benzene rings is 2. The predicted molar refractivity (Wildman–Crippen MR) is 96.1 cm³/mol. The molecule has 0 amide bonds. The van der Waals surface area contributed by atoms with Crippen molar-refractivity contribution >= 4 is 44.1 Å². The molecule has 2 heterocycles. The molecule has 0 saturated carbocycles. The summed E-state index contributed by atoms with van der Waals surface area (Å²) < 4.78 is 1.10. The average molecular weight is 315 g/mol. The van der Waals surface area contributed by atoms with Crippen molar-refractivity contribution < 1.29 is 0 Å². The number of aromatic nitrogens is 2. The Balaban J connectivity index is 1.90. The monoisotopic (exact) mass is 315 g/mol. The third-order valence-electron chi connectivity index (χ3n) is 3.88. The number of hydrogen-bond acceptors (Lipinski definition) is 3. The first-order chi connectivity index (χ1) is 11.3. The molecule has 0 bridgehead atoms. The van der Waals surface area contributed by atoms with Crippen molar-refractivity contribution in [3.8, 4) is 6.07 Å². The molecule has 0 saturated heterocycles. The van der Waals surface area contributed by atoms with Crippen LogP contribution in [0.15, 0.2) is 48.5 Å². The lowest BCUT2D eigenvalue weighted by Gasteiger charge is -1.96. The molecular weight excluding hydrogens is 302 g/mol. The van der Waals surface area contributed by atoms with Crippen molar-refractivity contribution in [2.45, 2.75) is 6.92 Å². The van der Waals surface area contributed by atoms with Crippen molar-refractivity contribution in [2.75, 3.05) is 0 Å². The van der Waals surface area contributed by atoms with Crippen LogP contribution < -0.4 is 0 Å². The van der Waals surface area contributed by atoms with E-state index in [9.17, 15) is 5.26 Å². The molecule has 110 valence electrons. The Morgan fingerprint density at radius 2 is 1.96 bits per heavy atom. The zero-order chi connectivity index (χ0) is 15.8. The van der Waals surface area contributed by atoms with Gasteiger partial charge in [0.15, 0.2) is 0 Å². The first kappa shape index (κ1) is 13.7. The van der Waals surface area contributed by atoms with E-state index in [0.29, 0.717) is 5.57 Å². The van der Waals surface area contributed by atoms with Crippen molar-refractivity contribution in [1.82, 2.24) is 9.97 Å². The molecule has 0 unspecified atom stereocenters. The summed E-state index contributed by atoms with van der Waals surface area (Å²) in [5.41, 5.74) is 4.72. The van der Waals surface area contributed by atoms with Crippen LogP contribution in [0.25, 0.3) is 32.8 Å². The zero-order valence-electron chi connectivity index (χ0n) is 12.5. The van der Waals surface area contributed by atoms with E-state index < -0.39 is 0 Å². The van der Waals surface area contributed by atoms with Gasteiger partial charge in [-0.2, -0.15) is 5.26 Å². The molecule has 0 aliphatic carbocycles. The number of nitriles is 1. The van der Waals surface area contributed by atoms with Gasteiger partial charge in [-0.1, -0.05) is 30.3 Å². The highest BCUT2D eigenvalue weighted by Crippen LogP contribution is 2.30. The Morgan fingerprint density at radius 1 is 1.17 bits per heavy atom. The van der Waals surface area contributed by atoms with Crippen LogP contribution in [-0.4, -0.2) is 9.97 Å². The number of H-pyrrole nitrogens is 1.